The first-order valence-electron chi connectivity index (χ1n) is 10.1. The maximum Gasteiger partial charge on any atom is 0.0541 e. The smallest absolute Gasteiger partial charge is 0.0541 e. The largest absolute Gasteiger partial charge is 0.311 e. The molecule has 144 valence electrons. The van der Waals surface area contributed by atoms with Gasteiger partial charge in [0.1, 0.15) is 0 Å². The number of benzene rings is 2. The molecule has 1 aliphatic rings. The molecule has 0 radical (unpaired) electrons. The number of hydrazine groups is 1. The minimum atomic E-state index is 0.313. The Morgan fingerprint density at radius 1 is 0.964 bits per heavy atom. The van der Waals surface area contributed by atoms with Crippen molar-refractivity contribution in [3.63, 3.8) is 0 Å². The van der Waals surface area contributed by atoms with Crippen molar-refractivity contribution in [1.29, 1.82) is 0 Å². The summed E-state index contributed by atoms with van der Waals surface area (Å²) in [6, 6.07) is 24.0. The van der Waals surface area contributed by atoms with E-state index >= 15 is 0 Å². The zero-order valence-corrected chi connectivity index (χ0v) is 16.4. The Morgan fingerprint density at radius 2 is 1.75 bits per heavy atom. The lowest BCUT2D eigenvalue weighted by molar-refractivity contribution is 0.440. The molecule has 2 aromatic carbocycles. The molecule has 2 atom stereocenters. The lowest BCUT2D eigenvalue weighted by atomic mass is 9.93. The van der Waals surface area contributed by atoms with Crippen molar-refractivity contribution in [2.24, 2.45) is 5.92 Å². The van der Waals surface area contributed by atoms with Crippen LogP contribution in [0.4, 0.5) is 0 Å². The molecule has 4 heteroatoms. The van der Waals surface area contributed by atoms with Gasteiger partial charge in [0.2, 0.25) is 0 Å². The highest BCUT2D eigenvalue weighted by atomic mass is 15.4. The summed E-state index contributed by atoms with van der Waals surface area (Å²) in [6.45, 7) is 4.87. The van der Waals surface area contributed by atoms with Gasteiger partial charge in [0.15, 0.2) is 0 Å². The molecule has 2 unspecified atom stereocenters. The normalized spacial score (nSPS) is 19.0. The Bertz CT molecular complexity index is 859. The maximum absolute atomic E-state index is 4.54. The zero-order chi connectivity index (χ0) is 19.2. The van der Waals surface area contributed by atoms with Crippen molar-refractivity contribution in [3.8, 4) is 11.1 Å². The minimum Gasteiger partial charge on any atom is -0.311 e. The Morgan fingerprint density at radius 3 is 2.46 bits per heavy atom. The SMILES string of the molecule is CCc1ccc(CNCC2CNNC2c2ccc(-c3ccccc3)cc2)nc1. The number of aromatic nitrogens is 1. The zero-order valence-electron chi connectivity index (χ0n) is 16.4. The molecule has 2 heterocycles. The fraction of sp³-hybridized carbons (Fsp3) is 0.292. The van der Waals surface area contributed by atoms with E-state index in [1.54, 1.807) is 0 Å². The monoisotopic (exact) mass is 372 g/mol. The molecule has 1 aliphatic heterocycles. The summed E-state index contributed by atoms with van der Waals surface area (Å²) in [7, 11) is 0. The summed E-state index contributed by atoms with van der Waals surface area (Å²) in [5.41, 5.74) is 13.0. The van der Waals surface area contributed by atoms with Gasteiger partial charge in [0.05, 0.1) is 11.7 Å². The molecule has 1 saturated heterocycles. The van der Waals surface area contributed by atoms with Crippen molar-refractivity contribution < 1.29 is 0 Å². The second-order valence-corrected chi connectivity index (χ2v) is 7.39. The number of nitrogens with zero attached hydrogens (tertiary/aromatic N) is 1. The van der Waals surface area contributed by atoms with Gasteiger partial charge in [-0.3, -0.25) is 10.4 Å². The van der Waals surface area contributed by atoms with Gasteiger partial charge in [0.25, 0.3) is 0 Å². The van der Waals surface area contributed by atoms with Gasteiger partial charge in [0, 0.05) is 31.7 Å². The molecular weight excluding hydrogens is 344 g/mol. The number of aryl methyl sites for hydroxylation is 1. The predicted octanol–water partition coefficient (Wildman–Crippen LogP) is 3.87. The standard InChI is InChI=1S/C24H28N4/c1-2-18-8-13-23(26-14-18)17-25-15-22-16-27-28-24(22)21-11-9-20(10-12-21)19-6-4-3-5-7-19/h3-14,22,24-25,27-28H,2,15-17H2,1H3. The van der Waals surface area contributed by atoms with Crippen LogP contribution in [0, 0.1) is 5.92 Å². The third kappa shape index (κ3) is 4.47. The molecule has 0 spiro atoms. The number of hydrogen-bond acceptors (Lipinski definition) is 4. The van der Waals surface area contributed by atoms with Crippen LogP contribution in [0.1, 0.15) is 29.8 Å². The molecule has 28 heavy (non-hydrogen) atoms. The first-order chi connectivity index (χ1) is 13.8. The quantitative estimate of drug-likeness (QED) is 0.589. The average molecular weight is 373 g/mol. The van der Waals surface area contributed by atoms with Crippen LogP contribution in [0.25, 0.3) is 11.1 Å². The number of pyridine rings is 1. The van der Waals surface area contributed by atoms with Crippen LogP contribution in [0.3, 0.4) is 0 Å². The van der Waals surface area contributed by atoms with E-state index < -0.39 is 0 Å². The van der Waals surface area contributed by atoms with E-state index in [1.165, 1.54) is 22.3 Å². The molecule has 1 fully saturated rings. The molecule has 0 bridgehead atoms. The highest BCUT2D eigenvalue weighted by Crippen LogP contribution is 2.27. The Balaban J connectivity index is 1.35. The predicted molar refractivity (Wildman–Crippen MR) is 115 cm³/mol. The van der Waals surface area contributed by atoms with Gasteiger partial charge in [-0.15, -0.1) is 0 Å². The summed E-state index contributed by atoms with van der Waals surface area (Å²) in [6.07, 6.45) is 3.01. The van der Waals surface area contributed by atoms with Gasteiger partial charge in [-0.05, 0) is 34.7 Å². The lowest BCUT2D eigenvalue weighted by Crippen LogP contribution is -2.28. The van der Waals surface area contributed by atoms with Crippen LogP contribution in [-0.2, 0) is 13.0 Å². The molecule has 3 N–H and O–H groups in total. The summed E-state index contributed by atoms with van der Waals surface area (Å²) >= 11 is 0. The van der Waals surface area contributed by atoms with Gasteiger partial charge >= 0.3 is 0 Å². The Kier molecular flexibility index (Phi) is 6.12. The van der Waals surface area contributed by atoms with E-state index in [-0.39, 0.29) is 0 Å². The molecule has 3 aromatic rings. The first-order valence-corrected chi connectivity index (χ1v) is 10.1. The maximum atomic E-state index is 4.54. The van der Waals surface area contributed by atoms with Crippen molar-refractivity contribution >= 4 is 0 Å². The number of nitrogens with one attached hydrogen (secondary N) is 3. The van der Waals surface area contributed by atoms with E-state index in [0.29, 0.717) is 12.0 Å². The third-order valence-electron chi connectivity index (χ3n) is 5.48. The van der Waals surface area contributed by atoms with E-state index in [2.05, 4.69) is 94.8 Å². The van der Waals surface area contributed by atoms with Gasteiger partial charge in [-0.2, -0.15) is 0 Å². The fourth-order valence-corrected chi connectivity index (χ4v) is 3.75. The van der Waals surface area contributed by atoms with Crippen molar-refractivity contribution in [1.82, 2.24) is 21.2 Å². The molecule has 0 saturated carbocycles. The topological polar surface area (TPSA) is 49.0 Å². The van der Waals surface area contributed by atoms with Crippen LogP contribution >= 0.6 is 0 Å². The summed E-state index contributed by atoms with van der Waals surface area (Å²) in [5.74, 6) is 0.498. The van der Waals surface area contributed by atoms with Crippen LogP contribution < -0.4 is 16.2 Å². The van der Waals surface area contributed by atoms with Crippen LogP contribution in [-0.4, -0.2) is 18.1 Å². The van der Waals surface area contributed by atoms with Crippen LogP contribution in [0.2, 0.25) is 0 Å². The molecule has 4 rings (SSSR count). The number of rotatable bonds is 7. The second-order valence-electron chi connectivity index (χ2n) is 7.39. The van der Waals surface area contributed by atoms with E-state index in [9.17, 15) is 0 Å². The van der Waals surface area contributed by atoms with Crippen LogP contribution in [0.5, 0.6) is 0 Å². The summed E-state index contributed by atoms with van der Waals surface area (Å²) < 4.78 is 0. The van der Waals surface area contributed by atoms with Crippen molar-refractivity contribution in [3.05, 3.63) is 89.7 Å². The van der Waals surface area contributed by atoms with Crippen molar-refractivity contribution in [2.75, 3.05) is 13.1 Å². The lowest BCUT2D eigenvalue weighted by Gasteiger charge is -2.19. The third-order valence-corrected chi connectivity index (χ3v) is 5.48. The van der Waals surface area contributed by atoms with Gasteiger partial charge in [-0.25, -0.2) is 5.43 Å². The van der Waals surface area contributed by atoms with E-state index in [4.69, 9.17) is 0 Å². The summed E-state index contributed by atoms with van der Waals surface area (Å²) in [5, 5.41) is 3.58. The molecular formula is C24H28N4. The minimum absolute atomic E-state index is 0.313. The molecule has 4 nitrogen and oxygen atoms in total. The Hall–Kier alpha value is -2.53. The van der Waals surface area contributed by atoms with E-state index in [0.717, 1.165) is 31.7 Å². The average Bonchev–Trinajstić information content (AvgIpc) is 3.23. The summed E-state index contributed by atoms with van der Waals surface area (Å²) in [4.78, 5) is 4.54. The van der Waals surface area contributed by atoms with Crippen LogP contribution in [0.15, 0.2) is 72.9 Å². The number of hydrogen-bond donors (Lipinski definition) is 3. The molecule has 0 aliphatic carbocycles. The Labute approximate surface area is 167 Å². The van der Waals surface area contributed by atoms with Crippen molar-refractivity contribution in [2.45, 2.75) is 25.9 Å². The van der Waals surface area contributed by atoms with Gasteiger partial charge < -0.3 is 5.32 Å². The molecule has 0 amide bonds. The second kappa shape index (κ2) is 9.11. The van der Waals surface area contributed by atoms with E-state index in [1.807, 2.05) is 6.20 Å². The first kappa shape index (κ1) is 18.8. The highest BCUT2D eigenvalue weighted by molar-refractivity contribution is 5.63. The highest BCUT2D eigenvalue weighted by Gasteiger charge is 2.27. The fourth-order valence-electron chi connectivity index (χ4n) is 3.75. The van der Waals surface area contributed by atoms with Gasteiger partial charge in [-0.1, -0.05) is 67.6 Å². The molecule has 1 aromatic heterocycles.